The van der Waals surface area contributed by atoms with E-state index in [1.807, 2.05) is 68.0 Å². The van der Waals surface area contributed by atoms with Crippen molar-refractivity contribution >= 4 is 22.5 Å². The number of benzene rings is 2. The highest BCUT2D eigenvalue weighted by molar-refractivity contribution is 6.07. The summed E-state index contributed by atoms with van der Waals surface area (Å²) in [6.45, 7) is 12.6. The number of aromatic nitrogens is 3. The van der Waals surface area contributed by atoms with Crippen molar-refractivity contribution in [2.45, 2.75) is 45.7 Å². The molecule has 8 nitrogen and oxygen atoms in total. The number of amides is 2. The number of fused-ring (bicyclic) bond motifs is 1. The van der Waals surface area contributed by atoms with E-state index in [4.69, 9.17) is 9.72 Å². The van der Waals surface area contributed by atoms with E-state index >= 15 is 0 Å². The fourth-order valence-electron chi connectivity index (χ4n) is 6.46. The Morgan fingerprint density at radius 1 is 0.955 bits per heavy atom. The number of aryl methyl sites for hydroxylation is 1. The third-order valence-corrected chi connectivity index (χ3v) is 8.85. The van der Waals surface area contributed by atoms with Crippen molar-refractivity contribution in [2.75, 3.05) is 31.6 Å². The molecule has 2 unspecified atom stereocenters. The van der Waals surface area contributed by atoms with Crippen LogP contribution < -0.4 is 10.6 Å². The zero-order valence-electron chi connectivity index (χ0n) is 25.9. The number of urea groups is 1. The van der Waals surface area contributed by atoms with Crippen molar-refractivity contribution in [2.24, 2.45) is 5.41 Å². The van der Waals surface area contributed by atoms with Gasteiger partial charge < -0.3 is 15.4 Å². The smallest absolute Gasteiger partial charge is 0.319 e. The lowest BCUT2D eigenvalue weighted by atomic mass is 9.58. The summed E-state index contributed by atoms with van der Waals surface area (Å²) in [5.41, 5.74) is 4.07. The molecule has 2 amide bonds. The van der Waals surface area contributed by atoms with E-state index < -0.39 is 5.41 Å². The van der Waals surface area contributed by atoms with Crippen LogP contribution in [-0.4, -0.2) is 58.2 Å². The van der Waals surface area contributed by atoms with Gasteiger partial charge in [0.1, 0.15) is 5.82 Å². The van der Waals surface area contributed by atoms with E-state index in [9.17, 15) is 4.79 Å². The normalized spacial score (nSPS) is 20.5. The molecule has 2 N–H and O–H groups in total. The lowest BCUT2D eigenvalue weighted by Crippen LogP contribution is -2.56. The van der Waals surface area contributed by atoms with Crippen LogP contribution in [0.15, 0.2) is 91.4 Å². The maximum atomic E-state index is 13.6. The summed E-state index contributed by atoms with van der Waals surface area (Å²) in [6, 6.07) is 15.8. The fraction of sp³-hybridized carbons (Fsp3) is 0.333. The number of pyridine rings is 1. The molecule has 6 rings (SSSR count). The molecule has 0 radical (unpaired) electrons. The molecule has 0 saturated carbocycles. The Hall–Kier alpha value is -4.40. The van der Waals surface area contributed by atoms with Crippen molar-refractivity contribution in [3.05, 3.63) is 109 Å². The van der Waals surface area contributed by atoms with Gasteiger partial charge >= 0.3 is 6.03 Å². The average Bonchev–Trinajstić information content (AvgIpc) is 3.02. The molecule has 226 valence electrons. The molecule has 8 heteroatoms. The molecule has 0 spiro atoms. The van der Waals surface area contributed by atoms with Crippen LogP contribution in [0.3, 0.4) is 0 Å². The number of carbonyl (C=O) groups excluding carboxylic acids is 1. The number of hydrogen-bond donors (Lipinski definition) is 2. The van der Waals surface area contributed by atoms with E-state index in [1.54, 1.807) is 0 Å². The van der Waals surface area contributed by atoms with Crippen LogP contribution in [0.1, 0.15) is 37.9 Å². The first-order valence-corrected chi connectivity index (χ1v) is 15.2. The second kappa shape index (κ2) is 12.3. The summed E-state index contributed by atoms with van der Waals surface area (Å²) in [4.78, 5) is 29.8. The minimum absolute atomic E-state index is 0.245. The summed E-state index contributed by atoms with van der Waals surface area (Å²) in [5.74, 6) is 0.713. The predicted molar refractivity (Wildman–Crippen MR) is 175 cm³/mol. The maximum Gasteiger partial charge on any atom is 0.319 e. The molecule has 3 heterocycles. The average molecular weight is 589 g/mol. The van der Waals surface area contributed by atoms with E-state index in [-0.39, 0.29) is 17.5 Å². The molecule has 0 bridgehead atoms. The number of nitrogens with one attached hydrogen (secondary N) is 2. The van der Waals surface area contributed by atoms with Crippen molar-refractivity contribution in [1.29, 1.82) is 0 Å². The van der Waals surface area contributed by atoms with Crippen molar-refractivity contribution in [3.8, 4) is 11.1 Å². The van der Waals surface area contributed by atoms with Gasteiger partial charge in [-0.3, -0.25) is 9.88 Å². The summed E-state index contributed by atoms with van der Waals surface area (Å²) < 4.78 is 5.47. The molecule has 2 aromatic carbocycles. The monoisotopic (exact) mass is 588 g/mol. The number of rotatable bonds is 6. The predicted octanol–water partition coefficient (Wildman–Crippen LogP) is 6.43. The first kappa shape index (κ1) is 29.7. The molecule has 1 fully saturated rings. The zero-order valence-corrected chi connectivity index (χ0v) is 25.9. The molecule has 1 aliphatic heterocycles. The Bertz CT molecular complexity index is 1690. The fourth-order valence-corrected chi connectivity index (χ4v) is 6.46. The number of carbonyl (C=O) groups is 1. The molecular formula is C36H40N6O2. The van der Waals surface area contributed by atoms with Gasteiger partial charge in [0.05, 0.1) is 30.6 Å². The van der Waals surface area contributed by atoms with Gasteiger partial charge in [-0.15, -0.1) is 0 Å². The number of allylic oxidation sites excluding steroid dienone is 2. The number of anilines is 1. The van der Waals surface area contributed by atoms with E-state index in [0.717, 1.165) is 71.7 Å². The Labute approximate surface area is 259 Å². The van der Waals surface area contributed by atoms with Gasteiger partial charge in [-0.2, -0.15) is 0 Å². The summed E-state index contributed by atoms with van der Waals surface area (Å²) >= 11 is 0. The zero-order chi connectivity index (χ0) is 30.7. The molecule has 1 aliphatic carbocycles. The van der Waals surface area contributed by atoms with Gasteiger partial charge in [0.15, 0.2) is 0 Å². The highest BCUT2D eigenvalue weighted by atomic mass is 16.5. The molecule has 4 aromatic rings. The van der Waals surface area contributed by atoms with Gasteiger partial charge in [0, 0.05) is 60.2 Å². The Kier molecular flexibility index (Phi) is 8.29. The second-order valence-corrected chi connectivity index (χ2v) is 12.6. The van der Waals surface area contributed by atoms with Crippen molar-refractivity contribution < 1.29 is 9.53 Å². The largest absolute Gasteiger partial charge is 0.379 e. The molecule has 2 atom stereocenters. The van der Waals surface area contributed by atoms with E-state index in [1.165, 1.54) is 0 Å². The van der Waals surface area contributed by atoms with Crippen LogP contribution in [0.2, 0.25) is 0 Å². The first-order chi connectivity index (χ1) is 21.2. The Morgan fingerprint density at radius 2 is 1.70 bits per heavy atom. The van der Waals surface area contributed by atoms with E-state index in [2.05, 4.69) is 76.6 Å². The number of nitrogens with zero attached hydrogens (tertiary/aromatic N) is 4. The third-order valence-electron chi connectivity index (χ3n) is 8.85. The van der Waals surface area contributed by atoms with Crippen LogP contribution >= 0.6 is 0 Å². The lowest BCUT2D eigenvalue weighted by Gasteiger charge is -2.48. The first-order valence-electron chi connectivity index (χ1n) is 15.2. The minimum atomic E-state index is -0.542. The summed E-state index contributed by atoms with van der Waals surface area (Å²) in [7, 11) is 0. The van der Waals surface area contributed by atoms with Gasteiger partial charge in [0.2, 0.25) is 0 Å². The van der Waals surface area contributed by atoms with E-state index in [0.29, 0.717) is 5.82 Å². The van der Waals surface area contributed by atoms with Crippen LogP contribution in [-0.2, 0) is 16.7 Å². The molecule has 2 aromatic heterocycles. The Balaban J connectivity index is 1.24. The van der Waals surface area contributed by atoms with Gasteiger partial charge in [-0.05, 0) is 35.4 Å². The van der Waals surface area contributed by atoms with Gasteiger partial charge in [-0.1, -0.05) is 81.5 Å². The van der Waals surface area contributed by atoms with Crippen molar-refractivity contribution in [3.63, 3.8) is 0 Å². The van der Waals surface area contributed by atoms with Gasteiger partial charge in [0.25, 0.3) is 0 Å². The minimum Gasteiger partial charge on any atom is -0.379 e. The van der Waals surface area contributed by atoms with Gasteiger partial charge in [-0.25, -0.2) is 14.8 Å². The summed E-state index contributed by atoms with van der Waals surface area (Å²) in [5, 5.41) is 8.42. The van der Waals surface area contributed by atoms with Crippen molar-refractivity contribution in [1.82, 2.24) is 25.2 Å². The SMILES string of the molecule is Cc1ncc(C2(C(C)(C)C)C=CC=CC2NC(=O)Nc2ccc(-c3ccc(CN4CCOCC4)nc3)c3ccccc23)cn1. The molecule has 1 saturated heterocycles. The molecular weight excluding hydrogens is 548 g/mol. The summed E-state index contributed by atoms with van der Waals surface area (Å²) in [6.07, 6.45) is 13.9. The third kappa shape index (κ3) is 5.87. The number of morpholine rings is 1. The van der Waals surface area contributed by atoms with Crippen LogP contribution in [0.5, 0.6) is 0 Å². The maximum absolute atomic E-state index is 13.6. The van der Waals surface area contributed by atoms with Crippen LogP contribution in [0.25, 0.3) is 21.9 Å². The van der Waals surface area contributed by atoms with Crippen LogP contribution in [0.4, 0.5) is 10.5 Å². The lowest BCUT2D eigenvalue weighted by molar-refractivity contribution is 0.0336. The topological polar surface area (TPSA) is 92.3 Å². The quantitative estimate of drug-likeness (QED) is 0.270. The standard InChI is InChI=1S/C36H40N6O2/c1-25-37-22-27(23-38-25)36(35(2,3)4)16-8-7-11-33(36)41-34(43)40-32-15-14-29(30-9-5-6-10-31(30)32)26-12-13-28(39-21-26)24-42-17-19-44-20-18-42/h5-16,21-23,33H,17-20,24H2,1-4H3,(H2,40,41,43). The molecule has 44 heavy (non-hydrogen) atoms. The number of ether oxygens (including phenoxy) is 1. The highest BCUT2D eigenvalue weighted by Crippen LogP contribution is 2.47. The number of hydrogen-bond acceptors (Lipinski definition) is 6. The van der Waals surface area contributed by atoms with Crippen LogP contribution in [0, 0.1) is 12.3 Å². The second-order valence-electron chi connectivity index (χ2n) is 12.6. The Morgan fingerprint density at radius 3 is 2.41 bits per heavy atom. The highest BCUT2D eigenvalue weighted by Gasteiger charge is 2.48. The molecule has 2 aliphatic rings.